The fraction of sp³-hybridized carbons (Fsp3) is 0.222. The van der Waals surface area contributed by atoms with Crippen LogP contribution in [-0.2, 0) is 6.42 Å². The summed E-state index contributed by atoms with van der Waals surface area (Å²) in [5.74, 6) is 0. The molecule has 0 atom stereocenters. The maximum atomic E-state index is 2.34. The molecule has 0 saturated heterocycles. The molecule has 0 aliphatic heterocycles. The van der Waals surface area contributed by atoms with E-state index >= 15 is 0 Å². The van der Waals surface area contributed by atoms with Crippen LogP contribution in [0.3, 0.4) is 0 Å². The Morgan fingerprint density at radius 2 is 1.58 bits per heavy atom. The summed E-state index contributed by atoms with van der Waals surface area (Å²) in [5, 5.41) is 0. The molecule has 0 amide bonds. The van der Waals surface area contributed by atoms with Crippen molar-refractivity contribution in [1.82, 2.24) is 0 Å². The molecule has 0 unspecified atom stereocenters. The van der Waals surface area contributed by atoms with Crippen molar-refractivity contribution in [2.24, 2.45) is 0 Å². The molecule has 3 rings (SSSR count). The summed E-state index contributed by atoms with van der Waals surface area (Å²) in [6.45, 7) is 6.55. The molecule has 0 nitrogen and oxygen atoms in total. The van der Waals surface area contributed by atoms with E-state index in [1.807, 2.05) is 0 Å². The first-order valence-electron chi connectivity index (χ1n) is 6.51. The average Bonchev–Trinajstić information content (AvgIpc) is 2.67. The summed E-state index contributed by atoms with van der Waals surface area (Å²) in [4.78, 5) is 0. The first kappa shape index (κ1) is 14.2. The van der Waals surface area contributed by atoms with Crippen LogP contribution in [0.5, 0.6) is 0 Å². The van der Waals surface area contributed by atoms with Gasteiger partial charge in [-0.25, -0.2) is 0 Å². The molecule has 0 heterocycles. The van der Waals surface area contributed by atoms with Gasteiger partial charge in [0.1, 0.15) is 0 Å². The van der Waals surface area contributed by atoms with Gasteiger partial charge in [0.2, 0.25) is 0 Å². The molecule has 1 aliphatic rings. The van der Waals surface area contributed by atoms with Crippen molar-refractivity contribution in [3.05, 3.63) is 64.2 Å². The Labute approximate surface area is 127 Å². The molecule has 1 aliphatic carbocycles. The maximum absolute atomic E-state index is 2.34. The predicted octanol–water partition coefficient (Wildman–Crippen LogP) is 4.55. The van der Waals surface area contributed by atoms with Crippen LogP contribution in [-0.4, -0.2) is 18.9 Å². The van der Waals surface area contributed by atoms with E-state index in [9.17, 15) is 0 Å². The number of allylic oxidation sites excluding steroid dienone is 1. The van der Waals surface area contributed by atoms with Crippen molar-refractivity contribution in [2.75, 3.05) is 0 Å². The summed E-state index contributed by atoms with van der Waals surface area (Å²) in [7, 11) is 0. The third-order valence-electron chi connectivity index (χ3n) is 3.59. The van der Waals surface area contributed by atoms with Crippen molar-refractivity contribution < 1.29 is 0 Å². The fourth-order valence-electron chi connectivity index (χ4n) is 2.92. The molecule has 19 heavy (non-hydrogen) atoms. The van der Waals surface area contributed by atoms with Crippen molar-refractivity contribution in [3.8, 4) is 11.1 Å². The van der Waals surface area contributed by atoms with E-state index in [-0.39, 0.29) is 18.9 Å². The molecular weight excluding hydrogens is 223 g/mol. The second kappa shape index (κ2) is 5.41. The number of benzene rings is 2. The van der Waals surface area contributed by atoms with Gasteiger partial charge in [-0.15, -0.1) is 0 Å². The second-order valence-corrected chi connectivity index (χ2v) is 5.42. The number of aryl methyl sites for hydroxylation is 2. The van der Waals surface area contributed by atoms with Crippen molar-refractivity contribution >= 4 is 24.9 Å². The minimum Gasteiger partial charge on any atom is -0.0683 e. The Kier molecular flexibility index (Phi) is 4.04. The molecule has 1 heteroatoms. The number of rotatable bonds is 1. The quantitative estimate of drug-likeness (QED) is 0.642. The van der Waals surface area contributed by atoms with Crippen LogP contribution in [0.25, 0.3) is 17.2 Å². The van der Waals surface area contributed by atoms with Gasteiger partial charge in [0, 0.05) is 18.9 Å². The molecule has 0 spiro atoms. The molecular formula is C18H18Li. The second-order valence-electron chi connectivity index (χ2n) is 5.42. The third-order valence-corrected chi connectivity index (χ3v) is 3.59. The summed E-state index contributed by atoms with van der Waals surface area (Å²) in [6, 6.07) is 13.5. The Morgan fingerprint density at radius 1 is 0.895 bits per heavy atom. The molecule has 2 aromatic rings. The smallest absolute Gasteiger partial charge is 0 e. The van der Waals surface area contributed by atoms with E-state index < -0.39 is 0 Å². The van der Waals surface area contributed by atoms with E-state index in [0.717, 1.165) is 6.42 Å². The molecule has 0 fully saturated rings. The number of hydrogen-bond acceptors (Lipinski definition) is 0. The summed E-state index contributed by atoms with van der Waals surface area (Å²) < 4.78 is 0. The molecule has 1 radical (unpaired) electrons. The molecule has 91 valence electrons. The Hall–Kier alpha value is -1.22. The summed E-state index contributed by atoms with van der Waals surface area (Å²) in [5.41, 5.74) is 9.72. The SMILES string of the molecule is CC1=Cc2c(cccc2-c2cc(C)cc(C)c2)C1.[Li]. The van der Waals surface area contributed by atoms with Crippen molar-refractivity contribution in [2.45, 2.75) is 27.2 Å². The van der Waals surface area contributed by atoms with Crippen LogP contribution < -0.4 is 0 Å². The van der Waals surface area contributed by atoms with E-state index in [2.05, 4.69) is 63.2 Å². The zero-order valence-electron chi connectivity index (χ0n) is 12.2. The van der Waals surface area contributed by atoms with Gasteiger partial charge in [-0.3, -0.25) is 0 Å². The summed E-state index contributed by atoms with van der Waals surface area (Å²) in [6.07, 6.45) is 3.44. The van der Waals surface area contributed by atoms with Gasteiger partial charge < -0.3 is 0 Å². The van der Waals surface area contributed by atoms with E-state index in [4.69, 9.17) is 0 Å². The topological polar surface area (TPSA) is 0 Å². The molecule has 0 N–H and O–H groups in total. The van der Waals surface area contributed by atoms with Gasteiger partial charge in [0.05, 0.1) is 0 Å². The van der Waals surface area contributed by atoms with Gasteiger partial charge in [-0.2, -0.15) is 0 Å². The van der Waals surface area contributed by atoms with Crippen molar-refractivity contribution in [3.63, 3.8) is 0 Å². The van der Waals surface area contributed by atoms with Crippen LogP contribution in [0, 0.1) is 13.8 Å². The van der Waals surface area contributed by atoms with Crippen LogP contribution in [0.4, 0.5) is 0 Å². The first-order valence-corrected chi connectivity index (χ1v) is 6.51. The minimum absolute atomic E-state index is 0. The molecule has 0 bridgehead atoms. The fourth-order valence-corrected chi connectivity index (χ4v) is 2.92. The number of fused-ring (bicyclic) bond motifs is 1. The van der Waals surface area contributed by atoms with Crippen LogP contribution >= 0.6 is 0 Å². The zero-order chi connectivity index (χ0) is 12.7. The van der Waals surface area contributed by atoms with E-state index in [1.165, 1.54) is 39.0 Å². The Balaban J connectivity index is 0.00000133. The van der Waals surface area contributed by atoms with Gasteiger partial charge in [0.15, 0.2) is 0 Å². The van der Waals surface area contributed by atoms with E-state index in [1.54, 1.807) is 0 Å². The predicted molar refractivity (Wildman–Crippen MR) is 84.5 cm³/mol. The maximum Gasteiger partial charge on any atom is 0 e. The zero-order valence-corrected chi connectivity index (χ0v) is 12.2. The minimum atomic E-state index is 0. The van der Waals surface area contributed by atoms with Gasteiger partial charge in [-0.05, 0) is 49.4 Å². The molecule has 0 saturated carbocycles. The first-order chi connectivity index (χ1) is 8.63. The van der Waals surface area contributed by atoms with Crippen molar-refractivity contribution in [1.29, 1.82) is 0 Å². The summed E-state index contributed by atoms with van der Waals surface area (Å²) >= 11 is 0. The van der Waals surface area contributed by atoms with Gasteiger partial charge in [0.25, 0.3) is 0 Å². The Morgan fingerprint density at radius 3 is 2.26 bits per heavy atom. The van der Waals surface area contributed by atoms with Crippen LogP contribution in [0.1, 0.15) is 29.2 Å². The molecule has 2 aromatic carbocycles. The van der Waals surface area contributed by atoms with E-state index in [0.29, 0.717) is 0 Å². The van der Waals surface area contributed by atoms with Crippen LogP contribution in [0.2, 0.25) is 0 Å². The normalized spacial score (nSPS) is 12.7. The largest absolute Gasteiger partial charge is 0.0683 e. The average molecular weight is 241 g/mol. The van der Waals surface area contributed by atoms with Crippen LogP contribution in [0.15, 0.2) is 42.0 Å². The molecule has 0 aromatic heterocycles. The third kappa shape index (κ3) is 2.71. The standard InChI is InChI=1S/C18H18.Li/c1-12-7-13(2)10-16(9-12)17-6-4-5-15-8-14(3)11-18(15)17;/h4-7,9-11H,8H2,1-3H3;. The van der Waals surface area contributed by atoms with Gasteiger partial charge >= 0.3 is 0 Å². The number of hydrogen-bond donors (Lipinski definition) is 0. The monoisotopic (exact) mass is 241 g/mol. The Bertz CT molecular complexity index is 630. The van der Waals surface area contributed by atoms with Gasteiger partial charge in [-0.1, -0.05) is 59.2 Å².